The number of hydrogen-bond donors (Lipinski definition) is 1. The molecule has 16 heavy (non-hydrogen) atoms. The number of benzene rings is 1. The maximum absolute atomic E-state index is 11.9. The second-order valence-corrected chi connectivity index (χ2v) is 5.48. The summed E-state index contributed by atoms with van der Waals surface area (Å²) >= 11 is 5.78. The minimum atomic E-state index is 0.154. The highest BCUT2D eigenvalue weighted by molar-refractivity contribution is 6.30. The van der Waals surface area contributed by atoms with Gasteiger partial charge >= 0.3 is 0 Å². The van der Waals surface area contributed by atoms with E-state index in [0.717, 1.165) is 11.5 Å². The number of halogens is 1. The van der Waals surface area contributed by atoms with Crippen LogP contribution in [0.4, 0.5) is 0 Å². The first-order valence-electron chi connectivity index (χ1n) is 5.71. The van der Waals surface area contributed by atoms with Crippen molar-refractivity contribution in [2.45, 2.75) is 24.8 Å². The van der Waals surface area contributed by atoms with Gasteiger partial charge in [-0.05, 0) is 49.4 Å². The largest absolute Gasteiger partial charge is 0.304 e. The van der Waals surface area contributed by atoms with E-state index in [1.807, 2.05) is 0 Å². The van der Waals surface area contributed by atoms with Gasteiger partial charge in [0.1, 0.15) is 0 Å². The van der Waals surface area contributed by atoms with E-state index in [9.17, 15) is 4.79 Å². The van der Waals surface area contributed by atoms with Crippen LogP contribution in [0.25, 0.3) is 0 Å². The molecule has 0 spiro atoms. The monoisotopic (exact) mass is 235 g/mol. The minimum Gasteiger partial charge on any atom is -0.304 e. The molecule has 0 aromatic heterocycles. The summed E-state index contributed by atoms with van der Waals surface area (Å²) in [4.78, 5) is 11.9. The minimum absolute atomic E-state index is 0.154. The van der Waals surface area contributed by atoms with Gasteiger partial charge in [-0.1, -0.05) is 11.6 Å². The molecule has 3 aliphatic carbocycles. The maximum atomic E-state index is 11.9. The van der Waals surface area contributed by atoms with Crippen molar-refractivity contribution >= 4 is 17.4 Å². The summed E-state index contributed by atoms with van der Waals surface area (Å²) in [5, 5.41) is 4.06. The lowest BCUT2D eigenvalue weighted by atomic mass is 9.50. The van der Waals surface area contributed by atoms with E-state index in [0.29, 0.717) is 17.1 Å². The Hall–Kier alpha value is -0.860. The molecule has 2 bridgehead atoms. The Kier molecular flexibility index (Phi) is 2.30. The van der Waals surface area contributed by atoms with Crippen LogP contribution in [0.5, 0.6) is 0 Å². The molecule has 0 atom stereocenters. The van der Waals surface area contributed by atoms with Crippen LogP contribution in [0.3, 0.4) is 0 Å². The lowest BCUT2D eigenvalue weighted by molar-refractivity contribution is -0.0485. The van der Waals surface area contributed by atoms with Gasteiger partial charge in [-0.25, -0.2) is 0 Å². The van der Waals surface area contributed by atoms with E-state index in [1.165, 1.54) is 19.3 Å². The van der Waals surface area contributed by atoms with E-state index in [-0.39, 0.29) is 5.78 Å². The van der Waals surface area contributed by atoms with E-state index in [1.54, 1.807) is 24.3 Å². The van der Waals surface area contributed by atoms with Crippen LogP contribution in [-0.4, -0.2) is 17.9 Å². The number of hydrogen-bond acceptors (Lipinski definition) is 2. The molecule has 0 saturated heterocycles. The van der Waals surface area contributed by atoms with Crippen LogP contribution < -0.4 is 5.32 Å². The van der Waals surface area contributed by atoms with Crippen molar-refractivity contribution in [3.63, 3.8) is 0 Å². The van der Waals surface area contributed by atoms with Gasteiger partial charge < -0.3 is 5.32 Å². The van der Waals surface area contributed by atoms with Crippen molar-refractivity contribution in [2.24, 2.45) is 5.92 Å². The fourth-order valence-electron chi connectivity index (χ4n) is 2.70. The van der Waals surface area contributed by atoms with Crippen molar-refractivity contribution in [3.8, 4) is 0 Å². The molecule has 0 aliphatic heterocycles. The molecule has 1 aromatic carbocycles. The molecule has 0 heterocycles. The highest BCUT2D eigenvalue weighted by Crippen LogP contribution is 2.56. The number of carbonyl (C=O) groups excluding carboxylic acids is 1. The van der Waals surface area contributed by atoms with Crippen LogP contribution >= 0.6 is 11.6 Å². The molecule has 1 aromatic rings. The Morgan fingerprint density at radius 1 is 1.31 bits per heavy atom. The predicted molar refractivity (Wildman–Crippen MR) is 63.9 cm³/mol. The lowest BCUT2D eigenvalue weighted by Crippen LogP contribution is -2.67. The third kappa shape index (κ3) is 1.66. The van der Waals surface area contributed by atoms with Crippen molar-refractivity contribution in [1.82, 2.24) is 5.32 Å². The third-order valence-corrected chi connectivity index (χ3v) is 4.08. The summed E-state index contributed by atoms with van der Waals surface area (Å²) in [6.45, 7) is 0.453. The van der Waals surface area contributed by atoms with Crippen LogP contribution in [0.2, 0.25) is 5.02 Å². The first-order chi connectivity index (χ1) is 7.67. The topological polar surface area (TPSA) is 29.1 Å². The molecule has 84 valence electrons. The number of nitrogens with one attached hydrogen (secondary N) is 1. The Labute approximate surface area is 100.0 Å². The third-order valence-electron chi connectivity index (χ3n) is 3.83. The first-order valence-corrected chi connectivity index (χ1v) is 6.08. The van der Waals surface area contributed by atoms with Gasteiger partial charge in [0, 0.05) is 16.1 Å². The van der Waals surface area contributed by atoms with Crippen LogP contribution in [0.15, 0.2) is 24.3 Å². The fraction of sp³-hybridized carbons (Fsp3) is 0.462. The zero-order chi connectivity index (χ0) is 11.2. The molecular weight excluding hydrogens is 222 g/mol. The van der Waals surface area contributed by atoms with Crippen molar-refractivity contribution in [3.05, 3.63) is 34.9 Å². The van der Waals surface area contributed by atoms with Gasteiger partial charge in [0.05, 0.1) is 6.54 Å². The Bertz CT molecular complexity index is 409. The molecular formula is C13H14ClNO. The van der Waals surface area contributed by atoms with Gasteiger partial charge in [0.2, 0.25) is 0 Å². The Morgan fingerprint density at radius 2 is 1.94 bits per heavy atom. The predicted octanol–water partition coefficient (Wildman–Crippen LogP) is 2.66. The number of carbonyl (C=O) groups is 1. The average molecular weight is 236 g/mol. The SMILES string of the molecule is O=C(CNC12CC(C1)C2)c1ccc(Cl)cc1. The molecule has 0 amide bonds. The quantitative estimate of drug-likeness (QED) is 0.813. The molecule has 1 N–H and O–H groups in total. The highest BCUT2D eigenvalue weighted by Gasteiger charge is 2.56. The molecule has 3 fully saturated rings. The number of rotatable bonds is 4. The average Bonchev–Trinajstić information content (AvgIpc) is 2.14. The Balaban J connectivity index is 1.58. The van der Waals surface area contributed by atoms with E-state index >= 15 is 0 Å². The van der Waals surface area contributed by atoms with E-state index in [4.69, 9.17) is 11.6 Å². The molecule has 2 nitrogen and oxygen atoms in total. The van der Waals surface area contributed by atoms with Crippen LogP contribution in [0, 0.1) is 5.92 Å². The highest BCUT2D eigenvalue weighted by atomic mass is 35.5. The molecule has 4 rings (SSSR count). The number of Topliss-reactive ketones (excluding diaryl/α,β-unsaturated/α-hetero) is 1. The smallest absolute Gasteiger partial charge is 0.176 e. The molecule has 3 saturated carbocycles. The van der Waals surface area contributed by atoms with Gasteiger partial charge in [-0.2, -0.15) is 0 Å². The molecule has 3 aliphatic rings. The van der Waals surface area contributed by atoms with Crippen molar-refractivity contribution in [2.75, 3.05) is 6.54 Å². The van der Waals surface area contributed by atoms with Crippen LogP contribution in [-0.2, 0) is 0 Å². The lowest BCUT2D eigenvalue weighted by Gasteiger charge is -2.62. The van der Waals surface area contributed by atoms with Crippen molar-refractivity contribution in [1.29, 1.82) is 0 Å². The number of ketones is 1. The summed E-state index contributed by atoms with van der Waals surface area (Å²) in [7, 11) is 0. The molecule has 0 radical (unpaired) electrons. The van der Waals surface area contributed by atoms with Crippen LogP contribution in [0.1, 0.15) is 29.6 Å². The molecule has 3 heteroatoms. The van der Waals surface area contributed by atoms with Gasteiger partial charge in [0.25, 0.3) is 0 Å². The van der Waals surface area contributed by atoms with Crippen molar-refractivity contribution < 1.29 is 4.79 Å². The molecule has 0 unspecified atom stereocenters. The van der Waals surface area contributed by atoms with E-state index < -0.39 is 0 Å². The summed E-state index contributed by atoms with van der Waals surface area (Å²) in [6.07, 6.45) is 3.79. The Morgan fingerprint density at radius 3 is 2.44 bits per heavy atom. The zero-order valence-corrected chi connectivity index (χ0v) is 9.76. The van der Waals surface area contributed by atoms with Gasteiger partial charge in [-0.3, -0.25) is 4.79 Å². The van der Waals surface area contributed by atoms with Gasteiger partial charge in [-0.15, -0.1) is 0 Å². The first kappa shape index (κ1) is 10.3. The normalized spacial score (nSPS) is 30.4. The van der Waals surface area contributed by atoms with E-state index in [2.05, 4.69) is 5.32 Å². The second-order valence-electron chi connectivity index (χ2n) is 5.04. The standard InChI is InChI=1S/C13H14ClNO/c14-11-3-1-10(2-4-11)12(16)8-15-13-5-9(6-13)7-13/h1-4,9,15H,5-8H2. The summed E-state index contributed by atoms with van der Waals surface area (Å²) < 4.78 is 0. The fourth-order valence-corrected chi connectivity index (χ4v) is 2.83. The summed E-state index contributed by atoms with van der Waals surface area (Å²) in [5.74, 6) is 1.10. The summed E-state index contributed by atoms with van der Waals surface area (Å²) in [5.41, 5.74) is 1.07. The second kappa shape index (κ2) is 3.57. The summed E-state index contributed by atoms with van der Waals surface area (Å²) in [6, 6.07) is 7.09. The zero-order valence-electron chi connectivity index (χ0n) is 9.00. The maximum Gasteiger partial charge on any atom is 0.176 e. The van der Waals surface area contributed by atoms with Gasteiger partial charge in [0.15, 0.2) is 5.78 Å².